The minimum absolute atomic E-state index is 0.141. The predicted molar refractivity (Wildman–Crippen MR) is 122 cm³/mol. The lowest BCUT2D eigenvalue weighted by molar-refractivity contribution is -0.139. The average Bonchev–Trinajstić information content (AvgIpc) is 2.65. The number of nitrogens with one attached hydrogen (secondary N) is 1. The summed E-state index contributed by atoms with van der Waals surface area (Å²) in [6.45, 7) is 7.66. The Morgan fingerprint density at radius 2 is 1.87 bits per heavy atom. The fraction of sp³-hybridized carbons (Fsp3) is 0.391. The normalized spacial score (nSPS) is 12.3. The van der Waals surface area contributed by atoms with E-state index in [2.05, 4.69) is 5.32 Å². The average molecular weight is 451 g/mol. The molecule has 1 N–H and O–H groups in total. The molecule has 0 spiro atoms. The maximum absolute atomic E-state index is 13.8. The highest BCUT2D eigenvalue weighted by atomic mass is 35.5. The second-order valence-corrected chi connectivity index (χ2v) is 9.57. The lowest BCUT2D eigenvalue weighted by atomic mass is 10.1. The van der Waals surface area contributed by atoms with Crippen LogP contribution in [0.3, 0.4) is 0 Å². The summed E-state index contributed by atoms with van der Waals surface area (Å²) in [5.74, 6) is -0.176. The molecule has 4 nitrogen and oxygen atoms in total. The fourth-order valence-electron chi connectivity index (χ4n) is 2.84. The molecule has 0 aliphatic carbocycles. The van der Waals surface area contributed by atoms with Gasteiger partial charge in [0.15, 0.2) is 0 Å². The Morgan fingerprint density at radius 3 is 2.50 bits per heavy atom. The molecular weight excluding hydrogens is 423 g/mol. The molecule has 0 saturated carbocycles. The largest absolute Gasteiger partial charge is 0.350 e. The molecular formula is C23H28ClFN2O2S. The number of thioether (sulfide) groups is 1. The van der Waals surface area contributed by atoms with E-state index in [1.807, 2.05) is 32.9 Å². The third-order valence-corrected chi connectivity index (χ3v) is 5.55. The van der Waals surface area contributed by atoms with E-state index in [9.17, 15) is 14.0 Å². The van der Waals surface area contributed by atoms with Gasteiger partial charge in [0.2, 0.25) is 11.8 Å². The van der Waals surface area contributed by atoms with E-state index in [-0.39, 0.29) is 29.9 Å². The molecule has 0 aliphatic rings. The van der Waals surface area contributed by atoms with Gasteiger partial charge in [-0.1, -0.05) is 41.9 Å². The van der Waals surface area contributed by atoms with Crippen molar-refractivity contribution >= 4 is 35.2 Å². The van der Waals surface area contributed by atoms with Gasteiger partial charge >= 0.3 is 0 Å². The van der Waals surface area contributed by atoms with E-state index in [1.165, 1.54) is 17.8 Å². The van der Waals surface area contributed by atoms with Crippen molar-refractivity contribution in [2.75, 3.05) is 5.75 Å². The smallest absolute Gasteiger partial charge is 0.242 e. The van der Waals surface area contributed by atoms with Gasteiger partial charge in [-0.25, -0.2) is 4.39 Å². The molecule has 2 rings (SSSR count). The van der Waals surface area contributed by atoms with Gasteiger partial charge in [0, 0.05) is 22.9 Å². The molecule has 2 amide bonds. The van der Waals surface area contributed by atoms with Crippen LogP contribution >= 0.6 is 23.4 Å². The van der Waals surface area contributed by atoms with E-state index in [4.69, 9.17) is 11.6 Å². The Labute approximate surface area is 187 Å². The van der Waals surface area contributed by atoms with Crippen LogP contribution in [-0.4, -0.2) is 34.0 Å². The summed E-state index contributed by atoms with van der Waals surface area (Å²) in [6.07, 6.45) is 0. The minimum atomic E-state index is -0.662. The Bertz CT molecular complexity index is 886. The number of nitrogens with zero attached hydrogens (tertiary/aromatic N) is 1. The van der Waals surface area contributed by atoms with Gasteiger partial charge in [0.25, 0.3) is 0 Å². The third-order valence-electron chi connectivity index (χ3n) is 4.35. The molecule has 0 heterocycles. The summed E-state index contributed by atoms with van der Waals surface area (Å²) in [5.41, 5.74) is 0.982. The third kappa shape index (κ3) is 7.65. The van der Waals surface area contributed by atoms with Crippen LogP contribution < -0.4 is 5.32 Å². The highest BCUT2D eigenvalue weighted by molar-refractivity contribution is 7.99. The minimum Gasteiger partial charge on any atom is -0.350 e. The number of halogens is 2. The molecule has 0 aliphatic heterocycles. The van der Waals surface area contributed by atoms with E-state index in [0.717, 1.165) is 5.56 Å². The van der Waals surface area contributed by atoms with Crippen LogP contribution in [0.5, 0.6) is 0 Å². The number of hydrogen-bond acceptors (Lipinski definition) is 3. The van der Waals surface area contributed by atoms with Gasteiger partial charge in [-0.2, -0.15) is 0 Å². The van der Waals surface area contributed by atoms with Gasteiger partial charge < -0.3 is 10.2 Å². The number of carbonyl (C=O) groups is 2. The van der Waals surface area contributed by atoms with Gasteiger partial charge in [-0.3, -0.25) is 9.59 Å². The summed E-state index contributed by atoms with van der Waals surface area (Å²) < 4.78 is 13.8. The summed E-state index contributed by atoms with van der Waals surface area (Å²) in [7, 11) is 0. The lowest BCUT2D eigenvalue weighted by Crippen LogP contribution is -2.52. The summed E-state index contributed by atoms with van der Waals surface area (Å²) in [5, 5.41) is 3.50. The second-order valence-electron chi connectivity index (χ2n) is 8.15. The molecule has 0 aromatic heterocycles. The summed E-state index contributed by atoms with van der Waals surface area (Å²) >= 11 is 7.40. The van der Waals surface area contributed by atoms with E-state index in [0.29, 0.717) is 16.3 Å². The lowest BCUT2D eigenvalue weighted by Gasteiger charge is -2.31. The first-order valence-electron chi connectivity index (χ1n) is 9.74. The van der Waals surface area contributed by atoms with Crippen LogP contribution in [0.15, 0.2) is 48.5 Å². The van der Waals surface area contributed by atoms with Crippen molar-refractivity contribution < 1.29 is 14.0 Å². The molecule has 2 aromatic carbocycles. The number of amides is 2. The Balaban J connectivity index is 2.11. The van der Waals surface area contributed by atoms with Crippen molar-refractivity contribution in [2.45, 2.75) is 51.6 Å². The maximum Gasteiger partial charge on any atom is 0.242 e. The Morgan fingerprint density at radius 1 is 1.17 bits per heavy atom. The Kier molecular flexibility index (Phi) is 8.74. The standard InChI is InChI=1S/C23H28ClFN2O2S/c1-16(22(29)26-23(2,3)4)27(13-17-8-7-10-19(24)12-17)21(28)15-30-14-18-9-5-6-11-20(18)25/h5-12,16H,13-15H2,1-4H3,(H,26,29)/t16-/m0/s1. The first-order chi connectivity index (χ1) is 14.1. The summed E-state index contributed by atoms with van der Waals surface area (Å²) in [6, 6.07) is 13.1. The highest BCUT2D eigenvalue weighted by Crippen LogP contribution is 2.19. The van der Waals surface area contributed by atoms with Gasteiger partial charge in [0.1, 0.15) is 11.9 Å². The topological polar surface area (TPSA) is 49.4 Å². The molecule has 162 valence electrons. The number of carbonyl (C=O) groups excluding carboxylic acids is 2. The van der Waals surface area contributed by atoms with Crippen molar-refractivity contribution in [3.8, 4) is 0 Å². The first kappa shape index (κ1) is 24.2. The number of benzene rings is 2. The van der Waals surface area contributed by atoms with Crippen molar-refractivity contribution in [3.63, 3.8) is 0 Å². The van der Waals surface area contributed by atoms with Crippen molar-refractivity contribution in [1.29, 1.82) is 0 Å². The molecule has 2 aromatic rings. The molecule has 0 bridgehead atoms. The predicted octanol–water partition coefficient (Wildman–Crippen LogP) is 5.04. The monoisotopic (exact) mass is 450 g/mol. The molecule has 0 saturated heterocycles. The number of rotatable bonds is 8. The van der Waals surface area contributed by atoms with Crippen LogP contribution in [-0.2, 0) is 21.9 Å². The quantitative estimate of drug-likeness (QED) is 0.612. The maximum atomic E-state index is 13.8. The first-order valence-corrected chi connectivity index (χ1v) is 11.3. The van der Waals surface area contributed by atoms with Crippen molar-refractivity contribution in [1.82, 2.24) is 10.2 Å². The van der Waals surface area contributed by atoms with Crippen LogP contribution in [0.25, 0.3) is 0 Å². The van der Waals surface area contributed by atoms with E-state index < -0.39 is 11.6 Å². The zero-order chi connectivity index (χ0) is 22.3. The van der Waals surface area contributed by atoms with Crippen LogP contribution in [0, 0.1) is 5.82 Å². The van der Waals surface area contributed by atoms with Crippen molar-refractivity contribution in [2.24, 2.45) is 0 Å². The molecule has 0 fully saturated rings. The highest BCUT2D eigenvalue weighted by Gasteiger charge is 2.28. The van der Waals surface area contributed by atoms with E-state index >= 15 is 0 Å². The molecule has 0 unspecified atom stereocenters. The van der Waals surface area contributed by atoms with Gasteiger partial charge in [-0.05, 0) is 57.0 Å². The zero-order valence-corrected chi connectivity index (χ0v) is 19.3. The summed E-state index contributed by atoms with van der Waals surface area (Å²) in [4.78, 5) is 27.3. The van der Waals surface area contributed by atoms with Gasteiger partial charge in [0.05, 0.1) is 5.75 Å². The van der Waals surface area contributed by atoms with Gasteiger partial charge in [-0.15, -0.1) is 11.8 Å². The van der Waals surface area contributed by atoms with E-state index in [1.54, 1.807) is 42.2 Å². The molecule has 30 heavy (non-hydrogen) atoms. The molecule has 7 heteroatoms. The molecule has 0 radical (unpaired) electrons. The second kappa shape index (κ2) is 10.8. The molecule has 1 atom stereocenters. The van der Waals surface area contributed by atoms with Crippen LogP contribution in [0.1, 0.15) is 38.8 Å². The SMILES string of the molecule is C[C@@H](C(=O)NC(C)(C)C)N(Cc1cccc(Cl)c1)C(=O)CSCc1ccccc1F. The van der Waals surface area contributed by atoms with Crippen molar-refractivity contribution in [3.05, 3.63) is 70.5 Å². The number of hydrogen-bond donors (Lipinski definition) is 1. The van der Waals surface area contributed by atoms with Crippen LogP contribution in [0.4, 0.5) is 4.39 Å². The Hall–Kier alpha value is -2.05. The van der Waals surface area contributed by atoms with Crippen LogP contribution in [0.2, 0.25) is 5.02 Å². The fourth-order valence-corrected chi connectivity index (χ4v) is 3.94. The zero-order valence-electron chi connectivity index (χ0n) is 17.7.